The van der Waals surface area contributed by atoms with Crippen molar-refractivity contribution < 1.29 is 29.3 Å². The van der Waals surface area contributed by atoms with E-state index in [1.807, 2.05) is 0 Å². The molecule has 0 spiro atoms. The first-order valence-electron chi connectivity index (χ1n) is 10.8. The molecule has 0 radical (unpaired) electrons. The fourth-order valence-electron chi connectivity index (χ4n) is 3.18. The van der Waals surface area contributed by atoms with Crippen LogP contribution in [-0.4, -0.2) is 47.4 Å². The number of aliphatic hydroxyl groups excluding tert-OH is 2. The Kier molecular flexibility index (Phi) is 8.24. The largest absolute Gasteiger partial charge is 0.488 e. The third-order valence-electron chi connectivity index (χ3n) is 5.00. The summed E-state index contributed by atoms with van der Waals surface area (Å²) in [7, 11) is 0. The van der Waals surface area contributed by atoms with Crippen LogP contribution in [0.25, 0.3) is 0 Å². The van der Waals surface area contributed by atoms with Crippen molar-refractivity contribution in [2.24, 2.45) is 5.73 Å². The van der Waals surface area contributed by atoms with Crippen LogP contribution in [0.4, 0.5) is 11.4 Å². The van der Waals surface area contributed by atoms with Crippen molar-refractivity contribution in [3.63, 3.8) is 0 Å². The highest BCUT2D eigenvalue weighted by atomic mass is 16.5. The molecule has 0 heterocycles. The zero-order valence-corrected chi connectivity index (χ0v) is 19.0. The van der Waals surface area contributed by atoms with Crippen molar-refractivity contribution >= 4 is 23.2 Å². The number of carbonyl (C=O) groups is 2. The lowest BCUT2D eigenvalue weighted by molar-refractivity contribution is 0.0988. The number of hydrogen-bond donors (Lipinski definition) is 3. The van der Waals surface area contributed by atoms with Crippen molar-refractivity contribution in [3.05, 3.63) is 83.9 Å². The van der Waals surface area contributed by atoms with Gasteiger partial charge in [-0.25, -0.2) is 0 Å². The summed E-state index contributed by atoms with van der Waals surface area (Å²) in [6.45, 7) is 3.27. The van der Waals surface area contributed by atoms with Crippen molar-refractivity contribution in [2.75, 3.05) is 18.1 Å². The van der Waals surface area contributed by atoms with E-state index in [2.05, 4.69) is 0 Å². The first-order valence-corrected chi connectivity index (χ1v) is 10.8. The maximum Gasteiger partial charge on any atom is 0.262 e. The van der Waals surface area contributed by atoms with E-state index >= 15 is 0 Å². The fraction of sp³-hybridized carbons (Fsp3) is 0.231. The monoisotopic (exact) mass is 464 g/mol. The molecule has 3 aromatic rings. The number of amides is 2. The van der Waals surface area contributed by atoms with E-state index in [0.29, 0.717) is 34.0 Å². The molecule has 0 fully saturated rings. The number of primary amides is 1. The molecule has 8 nitrogen and oxygen atoms in total. The van der Waals surface area contributed by atoms with Gasteiger partial charge in [-0.3, -0.25) is 14.5 Å². The third kappa shape index (κ3) is 6.12. The Morgan fingerprint density at radius 2 is 1.12 bits per heavy atom. The molecule has 0 aliphatic carbocycles. The van der Waals surface area contributed by atoms with E-state index in [-0.39, 0.29) is 31.3 Å². The van der Waals surface area contributed by atoms with Crippen LogP contribution in [0.15, 0.2) is 72.8 Å². The van der Waals surface area contributed by atoms with Crippen LogP contribution in [0.5, 0.6) is 11.5 Å². The summed E-state index contributed by atoms with van der Waals surface area (Å²) in [5.74, 6) is 0.234. The van der Waals surface area contributed by atoms with Crippen LogP contribution in [0, 0.1) is 0 Å². The maximum atomic E-state index is 13.5. The van der Waals surface area contributed by atoms with Crippen LogP contribution < -0.4 is 20.1 Å². The summed E-state index contributed by atoms with van der Waals surface area (Å²) in [5, 5.41) is 18.4. The average molecular weight is 465 g/mol. The molecule has 4 N–H and O–H groups in total. The molecule has 34 heavy (non-hydrogen) atoms. The Balaban J connectivity index is 1.96. The lowest BCUT2D eigenvalue weighted by Crippen LogP contribution is -2.26. The van der Waals surface area contributed by atoms with E-state index in [4.69, 9.17) is 15.2 Å². The van der Waals surface area contributed by atoms with Crippen LogP contribution in [0.1, 0.15) is 34.6 Å². The molecule has 0 saturated heterocycles. The smallest absolute Gasteiger partial charge is 0.262 e. The van der Waals surface area contributed by atoms with E-state index < -0.39 is 5.91 Å². The number of aliphatic hydroxyl groups is 2. The molecule has 0 aliphatic rings. The molecule has 3 rings (SSSR count). The predicted octanol–water partition coefficient (Wildman–Crippen LogP) is 3.28. The summed E-state index contributed by atoms with van der Waals surface area (Å²) in [4.78, 5) is 26.4. The fourth-order valence-corrected chi connectivity index (χ4v) is 3.18. The predicted molar refractivity (Wildman–Crippen MR) is 129 cm³/mol. The topological polar surface area (TPSA) is 122 Å². The molecular formula is C26H28N2O6. The van der Waals surface area contributed by atoms with E-state index in [0.717, 1.165) is 0 Å². The van der Waals surface area contributed by atoms with Crippen LogP contribution in [0.2, 0.25) is 0 Å². The van der Waals surface area contributed by atoms with Gasteiger partial charge in [0, 0.05) is 22.5 Å². The van der Waals surface area contributed by atoms with E-state index in [1.54, 1.807) is 74.5 Å². The SMILES string of the molecule is CC(CO)Oc1ccc(N(C(=O)c2ccc(C(N)=O)cc2)c2ccc(OC(C)CO)cc2)cc1. The van der Waals surface area contributed by atoms with Crippen LogP contribution in [0.3, 0.4) is 0 Å². The standard InChI is InChI=1S/C26H28N2O6/c1-17(15-29)33-23-11-7-21(8-12-23)28(22-9-13-24(14-10-22)34-18(2)16-30)26(32)20-5-3-19(4-6-20)25(27)31/h3-14,17-18,29-30H,15-16H2,1-2H3,(H2,27,31). The second-order valence-corrected chi connectivity index (χ2v) is 7.79. The molecule has 0 bridgehead atoms. The van der Waals surface area contributed by atoms with Gasteiger partial charge in [-0.15, -0.1) is 0 Å². The number of carbonyl (C=O) groups excluding carboxylic acids is 2. The highest BCUT2D eigenvalue weighted by molar-refractivity contribution is 6.11. The Labute approximate surface area is 198 Å². The molecular weight excluding hydrogens is 436 g/mol. The Hall–Kier alpha value is -3.88. The van der Waals surface area contributed by atoms with Gasteiger partial charge in [0.05, 0.1) is 13.2 Å². The van der Waals surface area contributed by atoms with Gasteiger partial charge in [0.1, 0.15) is 23.7 Å². The van der Waals surface area contributed by atoms with Crippen molar-refractivity contribution in [1.82, 2.24) is 0 Å². The van der Waals surface area contributed by atoms with Gasteiger partial charge in [0.2, 0.25) is 5.91 Å². The Bertz CT molecular complexity index is 1040. The second kappa shape index (κ2) is 11.3. The number of benzene rings is 3. The zero-order chi connectivity index (χ0) is 24.7. The second-order valence-electron chi connectivity index (χ2n) is 7.79. The molecule has 2 atom stereocenters. The first kappa shape index (κ1) is 24.8. The van der Waals surface area contributed by atoms with Crippen molar-refractivity contribution in [2.45, 2.75) is 26.1 Å². The number of anilines is 2. The normalized spacial score (nSPS) is 12.5. The summed E-state index contributed by atoms with van der Waals surface area (Å²) in [5.41, 5.74) is 7.16. The maximum absolute atomic E-state index is 13.5. The molecule has 0 aromatic heterocycles. The summed E-state index contributed by atoms with van der Waals surface area (Å²) < 4.78 is 11.2. The average Bonchev–Trinajstić information content (AvgIpc) is 2.86. The van der Waals surface area contributed by atoms with Gasteiger partial charge in [-0.05, 0) is 86.6 Å². The summed E-state index contributed by atoms with van der Waals surface area (Å²) in [6, 6.07) is 20.0. The number of rotatable bonds is 10. The van der Waals surface area contributed by atoms with Gasteiger partial charge in [0.15, 0.2) is 0 Å². The third-order valence-corrected chi connectivity index (χ3v) is 5.00. The molecule has 3 aromatic carbocycles. The molecule has 8 heteroatoms. The number of hydrogen-bond acceptors (Lipinski definition) is 6. The molecule has 0 aliphatic heterocycles. The zero-order valence-electron chi connectivity index (χ0n) is 19.0. The van der Waals surface area contributed by atoms with Crippen molar-refractivity contribution in [3.8, 4) is 11.5 Å². The quantitative estimate of drug-likeness (QED) is 0.423. The molecule has 0 saturated carbocycles. The van der Waals surface area contributed by atoms with Crippen molar-refractivity contribution in [1.29, 1.82) is 0 Å². The highest BCUT2D eigenvalue weighted by Crippen LogP contribution is 2.31. The number of nitrogens with two attached hydrogens (primary N) is 1. The van der Waals surface area contributed by atoms with Gasteiger partial charge in [-0.2, -0.15) is 0 Å². The van der Waals surface area contributed by atoms with E-state index in [9.17, 15) is 19.8 Å². The summed E-state index contributed by atoms with van der Waals surface area (Å²) in [6.07, 6.45) is -0.720. The number of nitrogens with zero attached hydrogens (tertiary/aromatic N) is 1. The van der Waals surface area contributed by atoms with Gasteiger partial charge >= 0.3 is 0 Å². The molecule has 2 unspecified atom stereocenters. The summed E-state index contributed by atoms with van der Waals surface area (Å²) >= 11 is 0. The number of ether oxygens (including phenoxy) is 2. The minimum atomic E-state index is -0.573. The van der Waals surface area contributed by atoms with Gasteiger partial charge < -0.3 is 25.4 Å². The Morgan fingerprint density at radius 3 is 1.47 bits per heavy atom. The minimum Gasteiger partial charge on any atom is -0.488 e. The van der Waals surface area contributed by atoms with Gasteiger partial charge in [-0.1, -0.05) is 0 Å². The van der Waals surface area contributed by atoms with E-state index in [1.165, 1.54) is 17.0 Å². The minimum absolute atomic E-state index is 0.114. The highest BCUT2D eigenvalue weighted by Gasteiger charge is 2.21. The molecule has 2 amide bonds. The van der Waals surface area contributed by atoms with Gasteiger partial charge in [0.25, 0.3) is 5.91 Å². The lowest BCUT2D eigenvalue weighted by atomic mass is 10.1. The molecule has 178 valence electrons. The Morgan fingerprint density at radius 1 is 0.735 bits per heavy atom. The first-order chi connectivity index (χ1) is 16.3. The lowest BCUT2D eigenvalue weighted by Gasteiger charge is -2.24. The van der Waals surface area contributed by atoms with Crippen LogP contribution in [-0.2, 0) is 0 Å². The van der Waals surface area contributed by atoms with Crippen LogP contribution >= 0.6 is 0 Å².